The standard InChI is InChI=1S/C14H23NO/c1-6-15-12(5)14(16)13-8-10(3)9(2)7-11(13)4/h7-8,12,14-16H,6H2,1-5H3. The monoisotopic (exact) mass is 221 g/mol. The Balaban J connectivity index is 2.99. The molecule has 1 rings (SSSR count). The Kier molecular flexibility index (Phi) is 4.51. The summed E-state index contributed by atoms with van der Waals surface area (Å²) in [5.41, 5.74) is 4.73. The van der Waals surface area contributed by atoms with E-state index in [4.69, 9.17) is 0 Å². The van der Waals surface area contributed by atoms with Crippen molar-refractivity contribution in [1.82, 2.24) is 5.32 Å². The number of benzene rings is 1. The van der Waals surface area contributed by atoms with Gasteiger partial charge in [0.15, 0.2) is 0 Å². The molecule has 2 heteroatoms. The molecule has 0 aliphatic carbocycles. The van der Waals surface area contributed by atoms with Crippen LogP contribution >= 0.6 is 0 Å². The second-order valence-electron chi connectivity index (χ2n) is 4.58. The van der Waals surface area contributed by atoms with E-state index < -0.39 is 6.10 Å². The molecule has 0 bridgehead atoms. The van der Waals surface area contributed by atoms with Crippen molar-refractivity contribution in [2.24, 2.45) is 0 Å². The highest BCUT2D eigenvalue weighted by Crippen LogP contribution is 2.24. The van der Waals surface area contributed by atoms with Crippen molar-refractivity contribution in [3.8, 4) is 0 Å². The van der Waals surface area contributed by atoms with Crippen molar-refractivity contribution in [1.29, 1.82) is 0 Å². The Hall–Kier alpha value is -0.860. The van der Waals surface area contributed by atoms with Gasteiger partial charge in [0.05, 0.1) is 6.10 Å². The molecule has 0 spiro atoms. The van der Waals surface area contributed by atoms with E-state index in [1.807, 2.05) is 6.92 Å². The fourth-order valence-electron chi connectivity index (χ4n) is 2.00. The van der Waals surface area contributed by atoms with Gasteiger partial charge in [-0.15, -0.1) is 0 Å². The summed E-state index contributed by atoms with van der Waals surface area (Å²) in [6, 6.07) is 4.33. The topological polar surface area (TPSA) is 32.3 Å². The lowest BCUT2D eigenvalue weighted by atomic mass is 9.94. The molecule has 0 aliphatic rings. The highest BCUT2D eigenvalue weighted by Gasteiger charge is 2.17. The largest absolute Gasteiger partial charge is 0.387 e. The molecule has 0 heterocycles. The maximum absolute atomic E-state index is 10.3. The number of nitrogens with one attached hydrogen (secondary N) is 1. The van der Waals surface area contributed by atoms with E-state index in [1.165, 1.54) is 16.7 Å². The molecule has 2 N–H and O–H groups in total. The van der Waals surface area contributed by atoms with Crippen molar-refractivity contribution in [3.63, 3.8) is 0 Å². The quantitative estimate of drug-likeness (QED) is 0.819. The first-order valence-corrected chi connectivity index (χ1v) is 5.96. The van der Waals surface area contributed by atoms with Crippen LogP contribution in [0, 0.1) is 20.8 Å². The molecule has 0 aromatic heterocycles. The predicted octanol–water partition coefficient (Wildman–Crippen LogP) is 2.64. The van der Waals surface area contributed by atoms with Crippen LogP contribution in [-0.2, 0) is 0 Å². The molecular weight excluding hydrogens is 198 g/mol. The molecule has 0 aliphatic heterocycles. The van der Waals surface area contributed by atoms with E-state index in [0.717, 1.165) is 12.1 Å². The predicted molar refractivity (Wildman–Crippen MR) is 68.8 cm³/mol. The van der Waals surface area contributed by atoms with Crippen LogP contribution in [0.15, 0.2) is 12.1 Å². The van der Waals surface area contributed by atoms with Crippen molar-refractivity contribution in [2.45, 2.75) is 46.8 Å². The van der Waals surface area contributed by atoms with Crippen LogP contribution in [0.4, 0.5) is 0 Å². The van der Waals surface area contributed by atoms with E-state index >= 15 is 0 Å². The van der Waals surface area contributed by atoms with Crippen LogP contribution in [0.5, 0.6) is 0 Å². The van der Waals surface area contributed by atoms with Crippen molar-refractivity contribution >= 4 is 0 Å². The number of hydrogen-bond donors (Lipinski definition) is 2. The van der Waals surface area contributed by atoms with E-state index in [-0.39, 0.29) is 6.04 Å². The van der Waals surface area contributed by atoms with Gasteiger partial charge in [-0.2, -0.15) is 0 Å². The first-order chi connectivity index (χ1) is 7.47. The summed E-state index contributed by atoms with van der Waals surface area (Å²) in [6.45, 7) is 11.2. The third-order valence-electron chi connectivity index (χ3n) is 3.20. The van der Waals surface area contributed by atoms with Gasteiger partial charge in [0, 0.05) is 6.04 Å². The van der Waals surface area contributed by atoms with Gasteiger partial charge in [0.25, 0.3) is 0 Å². The molecule has 2 unspecified atom stereocenters. The second-order valence-corrected chi connectivity index (χ2v) is 4.58. The Morgan fingerprint density at radius 1 is 1.12 bits per heavy atom. The number of rotatable bonds is 4. The van der Waals surface area contributed by atoms with Crippen LogP contribution in [0.1, 0.15) is 42.2 Å². The lowest BCUT2D eigenvalue weighted by molar-refractivity contribution is 0.136. The summed E-state index contributed by atoms with van der Waals surface area (Å²) >= 11 is 0. The van der Waals surface area contributed by atoms with Crippen LogP contribution in [0.3, 0.4) is 0 Å². The van der Waals surface area contributed by atoms with Crippen LogP contribution in [0.25, 0.3) is 0 Å². The van der Waals surface area contributed by atoms with Crippen molar-refractivity contribution in [2.75, 3.05) is 6.54 Å². The SMILES string of the molecule is CCNC(C)C(O)c1cc(C)c(C)cc1C. The summed E-state index contributed by atoms with van der Waals surface area (Å²) < 4.78 is 0. The maximum Gasteiger partial charge on any atom is 0.0942 e. The van der Waals surface area contributed by atoms with Crippen LogP contribution < -0.4 is 5.32 Å². The molecule has 90 valence electrons. The van der Waals surface area contributed by atoms with E-state index in [9.17, 15) is 5.11 Å². The summed E-state index contributed by atoms with van der Waals surface area (Å²) in [4.78, 5) is 0. The molecule has 0 saturated heterocycles. The lowest BCUT2D eigenvalue weighted by Crippen LogP contribution is -2.32. The third-order valence-corrected chi connectivity index (χ3v) is 3.20. The number of aliphatic hydroxyl groups is 1. The molecule has 16 heavy (non-hydrogen) atoms. The first-order valence-electron chi connectivity index (χ1n) is 5.96. The molecule has 2 nitrogen and oxygen atoms in total. The lowest BCUT2D eigenvalue weighted by Gasteiger charge is -2.22. The zero-order chi connectivity index (χ0) is 12.3. The number of aliphatic hydroxyl groups excluding tert-OH is 1. The number of hydrogen-bond acceptors (Lipinski definition) is 2. The molecule has 0 saturated carbocycles. The number of aryl methyl sites for hydroxylation is 3. The van der Waals surface area contributed by atoms with E-state index in [0.29, 0.717) is 0 Å². The second kappa shape index (κ2) is 5.46. The average Bonchev–Trinajstić information content (AvgIpc) is 2.23. The summed E-state index contributed by atoms with van der Waals surface area (Å²) in [7, 11) is 0. The summed E-state index contributed by atoms with van der Waals surface area (Å²) in [5, 5.41) is 13.5. The zero-order valence-corrected chi connectivity index (χ0v) is 11.0. The first kappa shape index (κ1) is 13.2. The molecule has 0 amide bonds. The van der Waals surface area contributed by atoms with Gasteiger partial charge in [-0.25, -0.2) is 0 Å². The van der Waals surface area contributed by atoms with Crippen molar-refractivity contribution in [3.05, 3.63) is 34.4 Å². The van der Waals surface area contributed by atoms with Crippen molar-refractivity contribution < 1.29 is 5.11 Å². The van der Waals surface area contributed by atoms with Crippen LogP contribution in [0.2, 0.25) is 0 Å². The minimum absolute atomic E-state index is 0.0887. The third kappa shape index (κ3) is 2.83. The highest BCUT2D eigenvalue weighted by atomic mass is 16.3. The Morgan fingerprint density at radius 3 is 2.25 bits per heavy atom. The van der Waals surface area contributed by atoms with Gasteiger partial charge >= 0.3 is 0 Å². The fraction of sp³-hybridized carbons (Fsp3) is 0.571. The van der Waals surface area contributed by atoms with Gasteiger partial charge in [-0.3, -0.25) is 0 Å². The normalized spacial score (nSPS) is 14.9. The summed E-state index contributed by atoms with van der Waals surface area (Å²) in [5.74, 6) is 0. The Bertz CT molecular complexity index is 360. The molecule has 1 aromatic rings. The molecule has 2 atom stereocenters. The van der Waals surface area contributed by atoms with Gasteiger partial charge in [0.1, 0.15) is 0 Å². The molecular formula is C14H23NO. The Labute approximate surface area is 98.7 Å². The molecule has 0 radical (unpaired) electrons. The van der Waals surface area contributed by atoms with Gasteiger partial charge < -0.3 is 10.4 Å². The maximum atomic E-state index is 10.3. The minimum Gasteiger partial charge on any atom is -0.387 e. The Morgan fingerprint density at radius 2 is 1.69 bits per heavy atom. The summed E-state index contributed by atoms with van der Waals surface area (Å²) in [6.07, 6.45) is -0.431. The number of likely N-dealkylation sites (N-methyl/N-ethyl adjacent to an activating group) is 1. The zero-order valence-electron chi connectivity index (χ0n) is 11.0. The molecule has 0 fully saturated rings. The van der Waals surface area contributed by atoms with Crippen LogP contribution in [-0.4, -0.2) is 17.7 Å². The van der Waals surface area contributed by atoms with Gasteiger partial charge in [0.2, 0.25) is 0 Å². The average molecular weight is 221 g/mol. The molecule has 1 aromatic carbocycles. The highest BCUT2D eigenvalue weighted by molar-refractivity contribution is 5.38. The smallest absolute Gasteiger partial charge is 0.0942 e. The van der Waals surface area contributed by atoms with E-state index in [2.05, 4.69) is 45.1 Å². The fourth-order valence-corrected chi connectivity index (χ4v) is 2.00. The van der Waals surface area contributed by atoms with Gasteiger partial charge in [-0.05, 0) is 56.5 Å². The minimum atomic E-state index is -0.431. The van der Waals surface area contributed by atoms with Gasteiger partial charge in [-0.1, -0.05) is 19.1 Å². The van der Waals surface area contributed by atoms with E-state index in [1.54, 1.807) is 0 Å².